The smallest absolute Gasteiger partial charge is 0.338 e. The minimum Gasteiger partial charge on any atom is -0.632 e. The number of cyclic esters (lactones) is 1. The number of ether oxygens (including phenoxy) is 2. The van der Waals surface area contributed by atoms with Gasteiger partial charge in [-0.3, -0.25) is 0 Å². The van der Waals surface area contributed by atoms with E-state index < -0.39 is 40.2 Å². The van der Waals surface area contributed by atoms with Crippen molar-refractivity contribution in [2.24, 2.45) is 5.92 Å². The second-order valence-electron chi connectivity index (χ2n) is 7.67. The molecule has 5 atom stereocenters. The molecule has 1 N–H and O–H groups in total. The van der Waals surface area contributed by atoms with Crippen LogP contribution >= 0.6 is 0 Å². The molecule has 0 spiro atoms. The zero-order valence-corrected chi connectivity index (χ0v) is 14.9. The molecule has 0 aromatic heterocycles. The first kappa shape index (κ1) is 18.1. The van der Waals surface area contributed by atoms with Gasteiger partial charge in [-0.05, 0) is 32.3 Å². The highest BCUT2D eigenvalue weighted by Crippen LogP contribution is 2.38. The molecule has 0 radical (unpaired) electrons. The summed E-state index contributed by atoms with van der Waals surface area (Å²) in [5.41, 5.74) is -0.306. The summed E-state index contributed by atoms with van der Waals surface area (Å²) in [4.78, 5) is 24.6. The van der Waals surface area contributed by atoms with Crippen molar-refractivity contribution < 1.29 is 28.8 Å². The zero-order valence-electron chi connectivity index (χ0n) is 14.9. The van der Waals surface area contributed by atoms with Gasteiger partial charge >= 0.3 is 11.9 Å². The molecule has 25 heavy (non-hydrogen) atoms. The maximum Gasteiger partial charge on any atom is 0.338 e. The first-order valence-corrected chi connectivity index (χ1v) is 8.67. The number of nitrogens with zero attached hydrogens (tertiary/aromatic N) is 1. The number of quaternary nitrogens is 1. The van der Waals surface area contributed by atoms with Gasteiger partial charge in [-0.15, -0.1) is 0 Å². The summed E-state index contributed by atoms with van der Waals surface area (Å²) in [6.45, 7) is 5.49. The monoisotopic (exact) mass is 351 g/mol. The van der Waals surface area contributed by atoms with Crippen LogP contribution in [-0.2, 0) is 19.1 Å². The molecular formula is C18H25NO6. The van der Waals surface area contributed by atoms with Crippen molar-refractivity contribution in [1.82, 2.24) is 0 Å². The first-order valence-electron chi connectivity index (χ1n) is 8.67. The van der Waals surface area contributed by atoms with E-state index in [4.69, 9.17) is 9.47 Å². The third kappa shape index (κ3) is 3.23. The molecular weight excluding hydrogens is 326 g/mol. The lowest BCUT2D eigenvalue weighted by atomic mass is 9.85. The number of hydroxylamine groups is 3. The van der Waals surface area contributed by atoms with E-state index in [1.165, 1.54) is 13.0 Å². The highest BCUT2D eigenvalue weighted by atomic mass is 16.6. The Morgan fingerprint density at radius 3 is 2.84 bits per heavy atom. The maximum atomic E-state index is 12.9. The van der Waals surface area contributed by atoms with Crippen LogP contribution in [-0.4, -0.2) is 59.1 Å². The summed E-state index contributed by atoms with van der Waals surface area (Å²) >= 11 is 0. The van der Waals surface area contributed by atoms with Gasteiger partial charge in [0.2, 0.25) is 0 Å². The number of esters is 2. The lowest BCUT2D eigenvalue weighted by Crippen LogP contribution is -2.48. The highest BCUT2D eigenvalue weighted by molar-refractivity contribution is 5.83. The standard InChI is InChI=1S/C18H25NO6/c1-11-8-12(2)18(3,22)17(21)24-10-13-4-6-19(23)7-5-14(16(13)19)25-15(20)9-11/h4,9,12,14,16,22H,5-8,10H2,1-3H3/t12-,14-,16-,18-,19-/m1/s1. The Hall–Kier alpha value is -1.70. The van der Waals surface area contributed by atoms with Crippen LogP contribution in [0.2, 0.25) is 0 Å². The summed E-state index contributed by atoms with van der Waals surface area (Å²) in [6, 6.07) is -0.534. The lowest BCUT2D eigenvalue weighted by Gasteiger charge is -2.40. The number of hydrogen-bond acceptors (Lipinski definition) is 6. The van der Waals surface area contributed by atoms with Gasteiger partial charge in [0.15, 0.2) is 17.7 Å². The fourth-order valence-corrected chi connectivity index (χ4v) is 3.97. The molecule has 138 valence electrons. The van der Waals surface area contributed by atoms with Crippen molar-refractivity contribution in [2.45, 2.75) is 51.4 Å². The molecule has 1 saturated heterocycles. The van der Waals surface area contributed by atoms with Crippen LogP contribution in [0.25, 0.3) is 0 Å². The fourth-order valence-electron chi connectivity index (χ4n) is 3.97. The molecule has 0 bridgehead atoms. The molecule has 0 unspecified atom stereocenters. The van der Waals surface area contributed by atoms with E-state index in [-0.39, 0.29) is 13.2 Å². The third-order valence-electron chi connectivity index (χ3n) is 5.70. The molecule has 3 rings (SSSR count). The molecule has 0 aromatic carbocycles. The van der Waals surface area contributed by atoms with Crippen LogP contribution in [0.4, 0.5) is 0 Å². The lowest BCUT2D eigenvalue weighted by molar-refractivity contribution is -0.877. The van der Waals surface area contributed by atoms with Crippen molar-refractivity contribution in [1.29, 1.82) is 0 Å². The SMILES string of the molecule is CC1=CC(=O)O[C@@H]2CC[N@+]3([O-])CC=C(COC(=O)[C@](C)(O)[C@H](C)C1)[C@H]23. The molecule has 1 fully saturated rings. The van der Waals surface area contributed by atoms with Crippen molar-refractivity contribution in [3.8, 4) is 0 Å². The Morgan fingerprint density at radius 1 is 1.40 bits per heavy atom. The van der Waals surface area contributed by atoms with Crippen molar-refractivity contribution in [3.05, 3.63) is 28.5 Å². The van der Waals surface area contributed by atoms with Gasteiger partial charge in [-0.2, -0.15) is 0 Å². The van der Waals surface area contributed by atoms with Gasteiger partial charge in [0.05, 0.1) is 13.1 Å². The van der Waals surface area contributed by atoms with Gasteiger partial charge in [-0.25, -0.2) is 9.59 Å². The molecule has 3 aliphatic heterocycles. The van der Waals surface area contributed by atoms with Crippen LogP contribution in [0.3, 0.4) is 0 Å². The van der Waals surface area contributed by atoms with E-state index in [0.717, 1.165) is 0 Å². The van der Waals surface area contributed by atoms with Gasteiger partial charge in [0.25, 0.3) is 0 Å². The second-order valence-corrected chi connectivity index (χ2v) is 7.67. The van der Waals surface area contributed by atoms with Gasteiger partial charge in [0, 0.05) is 18.1 Å². The highest BCUT2D eigenvalue weighted by Gasteiger charge is 2.50. The maximum absolute atomic E-state index is 12.9. The molecule has 3 aliphatic rings. The average molecular weight is 351 g/mol. The number of hydrogen-bond donors (Lipinski definition) is 1. The quantitative estimate of drug-likeness (QED) is 0.305. The summed E-state index contributed by atoms with van der Waals surface area (Å²) in [5.74, 6) is -1.64. The van der Waals surface area contributed by atoms with E-state index in [0.29, 0.717) is 30.5 Å². The minimum absolute atomic E-state index is 0.0604. The topological polar surface area (TPSA) is 95.9 Å². The zero-order chi connectivity index (χ0) is 18.4. The van der Waals surface area contributed by atoms with Crippen LogP contribution in [0.5, 0.6) is 0 Å². The number of carbonyl (C=O) groups is 2. The summed E-state index contributed by atoms with van der Waals surface area (Å²) in [5, 5.41) is 23.4. The number of carbonyl (C=O) groups excluding carboxylic acids is 2. The Bertz CT molecular complexity index is 652. The van der Waals surface area contributed by atoms with Crippen LogP contribution in [0.1, 0.15) is 33.6 Å². The third-order valence-corrected chi connectivity index (χ3v) is 5.70. The number of aliphatic hydroxyl groups is 1. The number of allylic oxidation sites excluding steroid dienone is 1. The summed E-state index contributed by atoms with van der Waals surface area (Å²) in [6.07, 6.45) is 3.48. The molecule has 3 heterocycles. The van der Waals surface area contributed by atoms with E-state index >= 15 is 0 Å². The molecule has 0 amide bonds. The van der Waals surface area contributed by atoms with Crippen molar-refractivity contribution >= 4 is 11.9 Å². The van der Waals surface area contributed by atoms with E-state index in [1.807, 2.05) is 0 Å². The summed E-state index contributed by atoms with van der Waals surface area (Å²) < 4.78 is 10.4. The van der Waals surface area contributed by atoms with Crippen molar-refractivity contribution in [2.75, 3.05) is 19.7 Å². The average Bonchev–Trinajstić information content (AvgIpc) is 3.00. The Kier molecular flexibility index (Phi) is 4.51. The Morgan fingerprint density at radius 2 is 2.12 bits per heavy atom. The minimum atomic E-state index is -1.68. The van der Waals surface area contributed by atoms with Gasteiger partial charge in [0.1, 0.15) is 6.61 Å². The van der Waals surface area contributed by atoms with Crippen LogP contribution in [0.15, 0.2) is 23.3 Å². The van der Waals surface area contributed by atoms with E-state index in [1.54, 1.807) is 19.9 Å². The molecule has 7 heteroatoms. The first-order chi connectivity index (χ1) is 11.6. The largest absolute Gasteiger partial charge is 0.632 e. The van der Waals surface area contributed by atoms with E-state index in [9.17, 15) is 19.9 Å². The number of rotatable bonds is 0. The molecule has 7 nitrogen and oxygen atoms in total. The molecule has 0 saturated carbocycles. The fraction of sp³-hybridized carbons (Fsp3) is 0.667. The normalized spacial score (nSPS) is 42.2. The Balaban J connectivity index is 1.92. The second kappa shape index (κ2) is 6.23. The predicted molar refractivity (Wildman–Crippen MR) is 88.9 cm³/mol. The molecule has 0 aromatic rings. The van der Waals surface area contributed by atoms with Crippen LogP contribution in [0, 0.1) is 11.1 Å². The Labute approximate surface area is 147 Å². The predicted octanol–water partition coefficient (Wildman–Crippen LogP) is 1.21. The van der Waals surface area contributed by atoms with Gasteiger partial charge < -0.3 is 24.4 Å². The van der Waals surface area contributed by atoms with Gasteiger partial charge in [-0.1, -0.05) is 12.5 Å². The van der Waals surface area contributed by atoms with Crippen molar-refractivity contribution in [3.63, 3.8) is 0 Å². The van der Waals surface area contributed by atoms with Crippen LogP contribution < -0.4 is 0 Å². The van der Waals surface area contributed by atoms with E-state index in [2.05, 4.69) is 0 Å². The molecule has 0 aliphatic carbocycles. The summed E-state index contributed by atoms with van der Waals surface area (Å²) in [7, 11) is 0.